The number of hydrogen-bond acceptors (Lipinski definition) is 2. The van der Waals surface area contributed by atoms with Gasteiger partial charge in [0.2, 0.25) is 11.8 Å². The van der Waals surface area contributed by atoms with Gasteiger partial charge in [0.1, 0.15) is 12.2 Å². The lowest BCUT2D eigenvalue weighted by Gasteiger charge is -2.07. The summed E-state index contributed by atoms with van der Waals surface area (Å²) < 4.78 is 13.4. The van der Waals surface area contributed by atoms with Gasteiger partial charge in [0.05, 0.1) is 0 Å². The third kappa shape index (κ3) is 6.20. The first-order valence-corrected chi connectivity index (χ1v) is 7.96. The van der Waals surface area contributed by atoms with E-state index in [0.717, 1.165) is 12.8 Å². The Balaban J connectivity index is 1.61. The summed E-state index contributed by atoms with van der Waals surface area (Å²) in [6.45, 7) is 0.598. The van der Waals surface area contributed by atoms with Gasteiger partial charge in [0.25, 0.3) is 0 Å². The van der Waals surface area contributed by atoms with Crippen LogP contribution in [0.15, 0.2) is 54.6 Å². The molecule has 0 atom stereocenters. The molecule has 0 unspecified atom stereocenters. The highest BCUT2D eigenvalue weighted by Crippen LogP contribution is 2.05. The van der Waals surface area contributed by atoms with Gasteiger partial charge >= 0.3 is 0 Å². The third-order valence-corrected chi connectivity index (χ3v) is 3.56. The van der Waals surface area contributed by atoms with Crippen molar-refractivity contribution in [2.75, 3.05) is 6.54 Å². The SMILES string of the molecule is O=C(CC(=O)NCc1ccccc1F)NCCCc1ccccc1. The van der Waals surface area contributed by atoms with Crippen molar-refractivity contribution >= 4 is 11.8 Å². The van der Waals surface area contributed by atoms with Gasteiger partial charge in [-0.2, -0.15) is 0 Å². The Kier molecular flexibility index (Phi) is 6.95. The summed E-state index contributed by atoms with van der Waals surface area (Å²) in [6, 6.07) is 16.2. The first kappa shape index (κ1) is 17.7. The molecule has 0 saturated heterocycles. The van der Waals surface area contributed by atoms with Crippen LogP contribution >= 0.6 is 0 Å². The van der Waals surface area contributed by atoms with Gasteiger partial charge in [-0.15, -0.1) is 0 Å². The summed E-state index contributed by atoms with van der Waals surface area (Å²) in [4.78, 5) is 23.4. The summed E-state index contributed by atoms with van der Waals surface area (Å²) >= 11 is 0. The van der Waals surface area contributed by atoms with Gasteiger partial charge < -0.3 is 10.6 Å². The maximum Gasteiger partial charge on any atom is 0.229 e. The molecule has 5 heteroatoms. The zero-order valence-electron chi connectivity index (χ0n) is 13.4. The molecule has 2 aromatic rings. The number of rotatable bonds is 8. The Bertz CT molecular complexity index is 674. The number of benzene rings is 2. The molecule has 0 saturated carbocycles. The predicted octanol–water partition coefficient (Wildman–Crippen LogP) is 2.58. The van der Waals surface area contributed by atoms with Crippen LogP contribution in [0.5, 0.6) is 0 Å². The summed E-state index contributed by atoms with van der Waals surface area (Å²) in [5.41, 5.74) is 1.61. The predicted molar refractivity (Wildman–Crippen MR) is 90.6 cm³/mol. The number of halogens is 1. The van der Waals surface area contributed by atoms with Crippen LogP contribution in [-0.4, -0.2) is 18.4 Å². The molecule has 2 N–H and O–H groups in total. The van der Waals surface area contributed by atoms with E-state index in [0.29, 0.717) is 12.1 Å². The molecule has 0 aliphatic rings. The molecule has 0 aliphatic carbocycles. The molecular weight excluding hydrogens is 307 g/mol. The molecular formula is C19H21FN2O2. The molecule has 0 aromatic heterocycles. The van der Waals surface area contributed by atoms with Gasteiger partial charge in [0.15, 0.2) is 0 Å². The topological polar surface area (TPSA) is 58.2 Å². The van der Waals surface area contributed by atoms with Crippen molar-refractivity contribution in [3.8, 4) is 0 Å². The van der Waals surface area contributed by atoms with Gasteiger partial charge in [-0.25, -0.2) is 4.39 Å². The van der Waals surface area contributed by atoms with E-state index in [1.54, 1.807) is 18.2 Å². The average molecular weight is 328 g/mol. The van der Waals surface area contributed by atoms with E-state index in [-0.39, 0.29) is 24.7 Å². The second-order valence-corrected chi connectivity index (χ2v) is 5.48. The minimum atomic E-state index is -0.418. The quantitative estimate of drug-likeness (QED) is 0.578. The van der Waals surface area contributed by atoms with Crippen molar-refractivity contribution in [2.45, 2.75) is 25.8 Å². The summed E-state index contributed by atoms with van der Waals surface area (Å²) in [5.74, 6) is -1.11. The fourth-order valence-corrected chi connectivity index (χ4v) is 2.27. The van der Waals surface area contributed by atoms with Crippen LogP contribution in [-0.2, 0) is 22.6 Å². The Morgan fingerprint density at radius 1 is 0.875 bits per heavy atom. The smallest absolute Gasteiger partial charge is 0.229 e. The Morgan fingerprint density at radius 2 is 1.54 bits per heavy atom. The Hall–Kier alpha value is -2.69. The lowest BCUT2D eigenvalue weighted by atomic mass is 10.1. The van der Waals surface area contributed by atoms with E-state index in [2.05, 4.69) is 10.6 Å². The second kappa shape index (κ2) is 9.45. The fourth-order valence-electron chi connectivity index (χ4n) is 2.27. The fraction of sp³-hybridized carbons (Fsp3) is 0.263. The molecule has 0 fully saturated rings. The molecule has 0 spiro atoms. The van der Waals surface area contributed by atoms with Crippen molar-refractivity contribution in [1.29, 1.82) is 0 Å². The lowest BCUT2D eigenvalue weighted by molar-refractivity contribution is -0.129. The molecule has 2 aromatic carbocycles. The summed E-state index contributed by atoms with van der Waals surface area (Å²) in [6.07, 6.45) is 1.44. The van der Waals surface area contributed by atoms with Crippen molar-refractivity contribution < 1.29 is 14.0 Å². The van der Waals surface area contributed by atoms with E-state index >= 15 is 0 Å². The number of amides is 2. The maximum atomic E-state index is 13.4. The average Bonchev–Trinajstić information content (AvgIpc) is 2.59. The highest BCUT2D eigenvalue weighted by Gasteiger charge is 2.09. The molecule has 2 rings (SSSR count). The molecule has 2 amide bonds. The van der Waals surface area contributed by atoms with Crippen molar-refractivity contribution in [3.05, 3.63) is 71.5 Å². The van der Waals surface area contributed by atoms with Gasteiger partial charge in [-0.05, 0) is 24.5 Å². The van der Waals surface area contributed by atoms with Gasteiger partial charge in [-0.1, -0.05) is 48.5 Å². The molecule has 0 bridgehead atoms. The highest BCUT2D eigenvalue weighted by atomic mass is 19.1. The number of carbonyl (C=O) groups is 2. The highest BCUT2D eigenvalue weighted by molar-refractivity contribution is 5.96. The van der Waals surface area contributed by atoms with E-state index in [1.165, 1.54) is 11.6 Å². The number of hydrogen-bond donors (Lipinski definition) is 2. The second-order valence-electron chi connectivity index (χ2n) is 5.48. The maximum absolute atomic E-state index is 13.4. The zero-order valence-corrected chi connectivity index (χ0v) is 13.4. The lowest BCUT2D eigenvalue weighted by Crippen LogP contribution is -2.32. The van der Waals surface area contributed by atoms with Gasteiger partial charge in [-0.3, -0.25) is 9.59 Å². The monoisotopic (exact) mass is 328 g/mol. The van der Waals surface area contributed by atoms with Crippen LogP contribution in [0.25, 0.3) is 0 Å². The normalized spacial score (nSPS) is 10.2. The van der Waals surface area contributed by atoms with Crippen LogP contribution in [0.2, 0.25) is 0 Å². The van der Waals surface area contributed by atoms with Crippen LogP contribution < -0.4 is 10.6 Å². The van der Waals surface area contributed by atoms with Crippen LogP contribution in [0.4, 0.5) is 4.39 Å². The number of nitrogens with one attached hydrogen (secondary N) is 2. The summed E-state index contributed by atoms with van der Waals surface area (Å²) in [7, 11) is 0. The molecule has 0 aliphatic heterocycles. The third-order valence-electron chi connectivity index (χ3n) is 3.56. The largest absolute Gasteiger partial charge is 0.356 e. The van der Waals surface area contributed by atoms with E-state index in [9.17, 15) is 14.0 Å². The minimum Gasteiger partial charge on any atom is -0.356 e. The van der Waals surface area contributed by atoms with E-state index < -0.39 is 5.91 Å². The number of aryl methyl sites for hydroxylation is 1. The molecule has 24 heavy (non-hydrogen) atoms. The molecule has 126 valence electrons. The molecule has 0 heterocycles. The first-order chi connectivity index (χ1) is 11.6. The van der Waals surface area contributed by atoms with Crippen LogP contribution in [0, 0.1) is 5.82 Å². The van der Waals surface area contributed by atoms with Crippen molar-refractivity contribution in [2.24, 2.45) is 0 Å². The number of carbonyl (C=O) groups excluding carboxylic acids is 2. The van der Waals surface area contributed by atoms with E-state index in [1.807, 2.05) is 30.3 Å². The van der Waals surface area contributed by atoms with Crippen molar-refractivity contribution in [1.82, 2.24) is 10.6 Å². The van der Waals surface area contributed by atoms with Crippen LogP contribution in [0.1, 0.15) is 24.0 Å². The van der Waals surface area contributed by atoms with Gasteiger partial charge in [0, 0.05) is 18.7 Å². The Labute approximate surface area is 141 Å². The summed E-state index contributed by atoms with van der Waals surface area (Å²) in [5, 5.41) is 5.27. The molecule has 4 nitrogen and oxygen atoms in total. The van der Waals surface area contributed by atoms with Crippen molar-refractivity contribution in [3.63, 3.8) is 0 Å². The molecule has 0 radical (unpaired) electrons. The standard InChI is InChI=1S/C19H21FN2O2/c20-17-11-5-4-10-16(17)14-22-19(24)13-18(23)21-12-6-9-15-7-2-1-3-8-15/h1-5,7-8,10-11H,6,9,12-14H2,(H,21,23)(H,22,24). The Morgan fingerprint density at radius 3 is 2.29 bits per heavy atom. The first-order valence-electron chi connectivity index (χ1n) is 7.96. The zero-order chi connectivity index (χ0) is 17.2. The van der Waals surface area contributed by atoms with E-state index in [4.69, 9.17) is 0 Å². The minimum absolute atomic E-state index is 0.0762. The van der Waals surface area contributed by atoms with Crippen LogP contribution in [0.3, 0.4) is 0 Å².